The third-order valence-corrected chi connectivity index (χ3v) is 4.17. The molecule has 3 heteroatoms. The van der Waals surface area contributed by atoms with Crippen LogP contribution in [-0.2, 0) is 4.74 Å². The molecular weight excluding hydrogens is 216 g/mol. The molecule has 1 unspecified atom stereocenters. The minimum Gasteiger partial charge on any atom is -0.466 e. The van der Waals surface area contributed by atoms with E-state index in [4.69, 9.17) is 9.15 Å². The van der Waals surface area contributed by atoms with Crippen molar-refractivity contribution < 1.29 is 14.3 Å². The molecule has 1 aliphatic rings. The summed E-state index contributed by atoms with van der Waals surface area (Å²) >= 11 is 0. The van der Waals surface area contributed by atoms with Crippen molar-refractivity contribution in [2.45, 2.75) is 51.2 Å². The van der Waals surface area contributed by atoms with Gasteiger partial charge >= 0.3 is 0 Å². The predicted molar refractivity (Wildman–Crippen MR) is 65.7 cm³/mol. The monoisotopic (exact) mass is 238 g/mol. The fourth-order valence-electron chi connectivity index (χ4n) is 2.65. The molecule has 3 nitrogen and oxygen atoms in total. The van der Waals surface area contributed by atoms with Gasteiger partial charge in [0.25, 0.3) is 0 Å². The average Bonchev–Trinajstić information content (AvgIpc) is 2.82. The van der Waals surface area contributed by atoms with E-state index in [1.165, 1.54) is 0 Å². The Morgan fingerprint density at radius 1 is 1.29 bits per heavy atom. The van der Waals surface area contributed by atoms with Gasteiger partial charge in [-0.3, -0.25) is 0 Å². The highest BCUT2D eigenvalue weighted by atomic mass is 16.5. The lowest BCUT2D eigenvalue weighted by Gasteiger charge is -2.44. The van der Waals surface area contributed by atoms with E-state index in [-0.39, 0.29) is 0 Å². The Kier molecular flexibility index (Phi) is 3.32. The predicted octanol–water partition coefficient (Wildman–Crippen LogP) is 3.30. The van der Waals surface area contributed by atoms with E-state index < -0.39 is 11.7 Å². The molecule has 96 valence electrons. The zero-order chi connectivity index (χ0) is 12.5. The number of aliphatic hydroxyl groups excluding tert-OH is 1. The van der Waals surface area contributed by atoms with Crippen molar-refractivity contribution in [3.05, 3.63) is 24.2 Å². The van der Waals surface area contributed by atoms with E-state index in [1.54, 1.807) is 19.4 Å². The number of ether oxygens (including phenoxy) is 1. The SMILES string of the molecule is COC1(C(O)c2ccco2)CCC(C)(C)CC1. The molecule has 0 spiro atoms. The van der Waals surface area contributed by atoms with Crippen molar-refractivity contribution in [1.82, 2.24) is 0 Å². The van der Waals surface area contributed by atoms with Crippen LogP contribution >= 0.6 is 0 Å². The number of methoxy groups -OCH3 is 1. The molecule has 1 aromatic rings. The largest absolute Gasteiger partial charge is 0.466 e. The van der Waals surface area contributed by atoms with Crippen molar-refractivity contribution in [2.24, 2.45) is 5.41 Å². The minimum absolute atomic E-state index is 0.352. The molecule has 1 aliphatic carbocycles. The highest BCUT2D eigenvalue weighted by Gasteiger charge is 2.45. The maximum absolute atomic E-state index is 10.4. The molecule has 0 saturated heterocycles. The lowest BCUT2D eigenvalue weighted by Crippen LogP contribution is -2.43. The number of furan rings is 1. The maximum atomic E-state index is 10.4. The van der Waals surface area contributed by atoms with Crippen LogP contribution in [0.3, 0.4) is 0 Å². The standard InChI is InChI=1S/C14H22O3/c1-13(2)6-8-14(16-3,9-7-13)12(15)11-5-4-10-17-11/h4-5,10,12,15H,6-9H2,1-3H3. The van der Waals surface area contributed by atoms with Crippen LogP contribution in [-0.4, -0.2) is 17.8 Å². The molecule has 1 N–H and O–H groups in total. The van der Waals surface area contributed by atoms with Gasteiger partial charge in [-0.05, 0) is 43.2 Å². The summed E-state index contributed by atoms with van der Waals surface area (Å²) in [5.41, 5.74) is -0.127. The quantitative estimate of drug-likeness (QED) is 0.878. The number of hydrogen-bond acceptors (Lipinski definition) is 3. The minimum atomic E-state index is -0.668. The third-order valence-electron chi connectivity index (χ3n) is 4.17. The van der Waals surface area contributed by atoms with Gasteiger partial charge in [-0.25, -0.2) is 0 Å². The molecule has 1 fully saturated rings. The van der Waals surface area contributed by atoms with Crippen LogP contribution in [0.15, 0.2) is 22.8 Å². The number of rotatable bonds is 3. The highest BCUT2D eigenvalue weighted by Crippen LogP contribution is 2.47. The zero-order valence-electron chi connectivity index (χ0n) is 10.9. The first-order valence-corrected chi connectivity index (χ1v) is 6.26. The zero-order valence-corrected chi connectivity index (χ0v) is 10.9. The lowest BCUT2D eigenvalue weighted by molar-refractivity contribution is -0.144. The van der Waals surface area contributed by atoms with E-state index in [9.17, 15) is 5.11 Å². The van der Waals surface area contributed by atoms with E-state index in [0.29, 0.717) is 11.2 Å². The molecule has 0 radical (unpaired) electrons. The van der Waals surface area contributed by atoms with E-state index in [2.05, 4.69) is 13.8 Å². The first-order chi connectivity index (χ1) is 7.99. The molecule has 0 bridgehead atoms. The van der Waals surface area contributed by atoms with Crippen molar-refractivity contribution in [1.29, 1.82) is 0 Å². The molecule has 17 heavy (non-hydrogen) atoms. The van der Waals surface area contributed by atoms with Gasteiger partial charge in [0.1, 0.15) is 17.5 Å². The second kappa shape index (κ2) is 4.46. The molecule has 0 aliphatic heterocycles. The molecule has 1 atom stereocenters. The van der Waals surface area contributed by atoms with Crippen LogP contribution in [0.5, 0.6) is 0 Å². The Morgan fingerprint density at radius 2 is 1.94 bits per heavy atom. The normalized spacial score (nSPS) is 24.5. The van der Waals surface area contributed by atoms with Gasteiger partial charge in [0.05, 0.1) is 6.26 Å². The Balaban J connectivity index is 2.16. The Labute approximate surface area is 103 Å². The van der Waals surface area contributed by atoms with Crippen LogP contribution in [0.2, 0.25) is 0 Å². The summed E-state index contributed by atoms with van der Waals surface area (Å²) in [6.07, 6.45) is 4.81. The summed E-state index contributed by atoms with van der Waals surface area (Å²) < 4.78 is 10.9. The summed E-state index contributed by atoms with van der Waals surface area (Å²) in [6, 6.07) is 3.61. The molecule has 0 amide bonds. The van der Waals surface area contributed by atoms with Crippen molar-refractivity contribution in [2.75, 3.05) is 7.11 Å². The first-order valence-electron chi connectivity index (χ1n) is 6.26. The smallest absolute Gasteiger partial charge is 0.140 e. The van der Waals surface area contributed by atoms with Gasteiger partial charge in [0, 0.05) is 7.11 Å². The second-order valence-corrected chi connectivity index (χ2v) is 5.85. The highest BCUT2D eigenvalue weighted by molar-refractivity contribution is 5.09. The number of aliphatic hydroxyl groups is 1. The topological polar surface area (TPSA) is 42.6 Å². The Hall–Kier alpha value is -0.800. The molecular formula is C14H22O3. The Morgan fingerprint density at radius 3 is 2.41 bits per heavy atom. The fraction of sp³-hybridized carbons (Fsp3) is 0.714. The molecule has 2 rings (SSSR count). The molecule has 1 aromatic heterocycles. The fourth-order valence-corrected chi connectivity index (χ4v) is 2.65. The summed E-state index contributed by atoms with van der Waals surface area (Å²) in [7, 11) is 1.68. The van der Waals surface area contributed by atoms with E-state index >= 15 is 0 Å². The third kappa shape index (κ3) is 2.40. The van der Waals surface area contributed by atoms with E-state index in [1.807, 2.05) is 6.07 Å². The summed E-state index contributed by atoms with van der Waals surface area (Å²) in [4.78, 5) is 0. The molecule has 0 aromatic carbocycles. The van der Waals surface area contributed by atoms with Crippen LogP contribution in [0.4, 0.5) is 0 Å². The Bertz CT molecular complexity index is 344. The van der Waals surface area contributed by atoms with Crippen molar-refractivity contribution in [3.8, 4) is 0 Å². The summed E-state index contributed by atoms with van der Waals surface area (Å²) in [5, 5.41) is 10.4. The van der Waals surface area contributed by atoms with Gasteiger partial charge in [-0.15, -0.1) is 0 Å². The van der Waals surface area contributed by atoms with Gasteiger partial charge in [0.2, 0.25) is 0 Å². The maximum Gasteiger partial charge on any atom is 0.140 e. The van der Waals surface area contributed by atoms with Gasteiger partial charge in [-0.2, -0.15) is 0 Å². The van der Waals surface area contributed by atoms with Gasteiger partial charge in [-0.1, -0.05) is 13.8 Å². The molecule has 1 heterocycles. The first kappa shape index (κ1) is 12.7. The van der Waals surface area contributed by atoms with Crippen LogP contribution < -0.4 is 0 Å². The van der Waals surface area contributed by atoms with Gasteiger partial charge < -0.3 is 14.3 Å². The van der Waals surface area contributed by atoms with E-state index in [0.717, 1.165) is 25.7 Å². The lowest BCUT2D eigenvalue weighted by atomic mass is 9.68. The average molecular weight is 238 g/mol. The number of hydrogen-bond donors (Lipinski definition) is 1. The second-order valence-electron chi connectivity index (χ2n) is 5.85. The summed E-state index contributed by atoms with van der Waals surface area (Å²) in [5.74, 6) is 0.603. The molecule has 1 saturated carbocycles. The van der Waals surface area contributed by atoms with Crippen LogP contribution in [0.25, 0.3) is 0 Å². The van der Waals surface area contributed by atoms with Gasteiger partial charge in [0.15, 0.2) is 0 Å². The van der Waals surface area contributed by atoms with Crippen molar-refractivity contribution >= 4 is 0 Å². The van der Waals surface area contributed by atoms with Crippen molar-refractivity contribution in [3.63, 3.8) is 0 Å². The van der Waals surface area contributed by atoms with Crippen LogP contribution in [0.1, 0.15) is 51.4 Å². The van der Waals surface area contributed by atoms with Crippen LogP contribution in [0, 0.1) is 5.41 Å². The summed E-state index contributed by atoms with van der Waals surface area (Å²) in [6.45, 7) is 4.54.